The summed E-state index contributed by atoms with van der Waals surface area (Å²) in [7, 11) is 1.72. The summed E-state index contributed by atoms with van der Waals surface area (Å²) in [5.41, 5.74) is 3.70. The Hall–Kier alpha value is -2.69. The van der Waals surface area contributed by atoms with Gasteiger partial charge < -0.3 is 19.9 Å². The quantitative estimate of drug-likeness (QED) is 0.890. The predicted molar refractivity (Wildman–Crippen MR) is 111 cm³/mol. The standard InChI is InChI=1S/C23H27N3O2/c1-28-22-9-5-4-8-20(22)25-12-13-26-19-7-3-2-6-16(19)14-18(21(26)15-25)23(27)24-17-10-11-17/h2-9,17-18,21H,10-15H2,1H3,(H,24,27)/t18-,21+/m1/s1. The predicted octanol–water partition coefficient (Wildman–Crippen LogP) is 2.84. The van der Waals surface area contributed by atoms with Crippen LogP contribution in [0.5, 0.6) is 5.75 Å². The first-order valence-electron chi connectivity index (χ1n) is 10.3. The largest absolute Gasteiger partial charge is 0.495 e. The highest BCUT2D eigenvalue weighted by Gasteiger charge is 2.42. The highest BCUT2D eigenvalue weighted by atomic mass is 16.5. The zero-order valence-electron chi connectivity index (χ0n) is 16.3. The molecule has 0 radical (unpaired) electrons. The Kier molecular flexibility index (Phi) is 4.38. The van der Waals surface area contributed by atoms with Crippen molar-refractivity contribution in [3.05, 3.63) is 54.1 Å². The Morgan fingerprint density at radius 2 is 1.79 bits per heavy atom. The van der Waals surface area contributed by atoms with E-state index in [2.05, 4.69) is 51.5 Å². The van der Waals surface area contributed by atoms with Crippen molar-refractivity contribution in [2.24, 2.45) is 5.92 Å². The highest BCUT2D eigenvalue weighted by Crippen LogP contribution is 2.38. The van der Waals surface area contributed by atoms with Gasteiger partial charge in [0.15, 0.2) is 0 Å². The first-order valence-corrected chi connectivity index (χ1v) is 10.3. The maximum Gasteiger partial charge on any atom is 0.225 e. The monoisotopic (exact) mass is 377 g/mol. The second-order valence-corrected chi connectivity index (χ2v) is 8.10. The lowest BCUT2D eigenvalue weighted by atomic mass is 9.83. The van der Waals surface area contributed by atoms with E-state index in [9.17, 15) is 4.79 Å². The molecule has 5 heteroatoms. The molecule has 2 atom stereocenters. The average molecular weight is 377 g/mol. The fraction of sp³-hybridized carbons (Fsp3) is 0.435. The van der Waals surface area contributed by atoms with E-state index in [-0.39, 0.29) is 17.9 Å². The molecule has 2 heterocycles. The maximum atomic E-state index is 13.1. The van der Waals surface area contributed by atoms with Crippen LogP contribution in [0.15, 0.2) is 48.5 Å². The third-order valence-electron chi connectivity index (χ3n) is 6.31. The number of piperazine rings is 1. The maximum absolute atomic E-state index is 13.1. The molecule has 1 amide bonds. The Morgan fingerprint density at radius 3 is 2.57 bits per heavy atom. The van der Waals surface area contributed by atoms with Crippen LogP contribution in [-0.4, -0.2) is 44.7 Å². The molecule has 2 aromatic carbocycles. The number of nitrogens with one attached hydrogen (secondary N) is 1. The molecular weight excluding hydrogens is 350 g/mol. The van der Waals surface area contributed by atoms with Crippen molar-refractivity contribution in [1.82, 2.24) is 5.32 Å². The van der Waals surface area contributed by atoms with Crippen LogP contribution in [0.4, 0.5) is 11.4 Å². The van der Waals surface area contributed by atoms with E-state index in [1.165, 1.54) is 11.3 Å². The molecule has 0 spiro atoms. The number of hydrogen-bond donors (Lipinski definition) is 1. The van der Waals surface area contributed by atoms with Crippen molar-refractivity contribution in [2.75, 3.05) is 36.5 Å². The van der Waals surface area contributed by atoms with Crippen LogP contribution in [-0.2, 0) is 11.2 Å². The molecule has 5 nitrogen and oxygen atoms in total. The van der Waals surface area contributed by atoms with Crippen LogP contribution in [0.3, 0.4) is 0 Å². The van der Waals surface area contributed by atoms with Gasteiger partial charge in [0, 0.05) is 31.4 Å². The number of anilines is 2. The van der Waals surface area contributed by atoms with E-state index in [1.54, 1.807) is 7.11 Å². The van der Waals surface area contributed by atoms with Gasteiger partial charge >= 0.3 is 0 Å². The van der Waals surface area contributed by atoms with E-state index < -0.39 is 0 Å². The fourth-order valence-electron chi connectivity index (χ4n) is 4.70. The Bertz CT molecular complexity index is 880. The molecule has 28 heavy (non-hydrogen) atoms. The summed E-state index contributed by atoms with van der Waals surface area (Å²) in [5, 5.41) is 3.26. The summed E-state index contributed by atoms with van der Waals surface area (Å²) in [6, 6.07) is 17.3. The van der Waals surface area contributed by atoms with Gasteiger partial charge in [-0.2, -0.15) is 0 Å². The topological polar surface area (TPSA) is 44.8 Å². The molecule has 1 saturated carbocycles. The first-order chi connectivity index (χ1) is 13.7. The van der Waals surface area contributed by atoms with Crippen LogP contribution >= 0.6 is 0 Å². The third kappa shape index (κ3) is 3.09. The number of nitrogens with zero attached hydrogens (tertiary/aromatic N) is 2. The summed E-state index contributed by atoms with van der Waals surface area (Å²) < 4.78 is 5.59. The number of carbonyl (C=O) groups is 1. The number of hydrogen-bond acceptors (Lipinski definition) is 4. The molecule has 1 saturated heterocycles. The van der Waals surface area contributed by atoms with Crippen LogP contribution in [0, 0.1) is 5.92 Å². The molecule has 2 aromatic rings. The highest BCUT2D eigenvalue weighted by molar-refractivity contribution is 5.83. The van der Waals surface area contributed by atoms with E-state index in [4.69, 9.17) is 4.74 Å². The Labute approximate surface area is 166 Å². The number of benzene rings is 2. The molecule has 0 aromatic heterocycles. The van der Waals surface area contributed by atoms with Crippen LogP contribution in [0.1, 0.15) is 18.4 Å². The average Bonchev–Trinajstić information content (AvgIpc) is 3.56. The lowest BCUT2D eigenvalue weighted by molar-refractivity contribution is -0.126. The zero-order chi connectivity index (χ0) is 19.1. The lowest BCUT2D eigenvalue weighted by Gasteiger charge is -2.49. The molecule has 146 valence electrons. The van der Waals surface area contributed by atoms with E-state index in [0.29, 0.717) is 6.04 Å². The molecule has 2 fully saturated rings. The minimum absolute atomic E-state index is 0.0204. The number of carbonyl (C=O) groups excluding carboxylic acids is 1. The number of rotatable bonds is 4. The normalized spacial score (nSPS) is 23.6. The lowest BCUT2D eigenvalue weighted by Crippen LogP contribution is -2.61. The van der Waals surface area contributed by atoms with Crippen LogP contribution in [0.2, 0.25) is 0 Å². The molecule has 0 bridgehead atoms. The zero-order valence-corrected chi connectivity index (χ0v) is 16.3. The third-order valence-corrected chi connectivity index (χ3v) is 6.31. The van der Waals surface area contributed by atoms with E-state index in [0.717, 1.165) is 50.3 Å². The van der Waals surface area contributed by atoms with Crippen molar-refractivity contribution in [2.45, 2.75) is 31.3 Å². The van der Waals surface area contributed by atoms with E-state index in [1.807, 2.05) is 12.1 Å². The van der Waals surface area contributed by atoms with Gasteiger partial charge in [-0.05, 0) is 43.0 Å². The van der Waals surface area contributed by atoms with Gasteiger partial charge in [-0.25, -0.2) is 0 Å². The number of ether oxygens (including phenoxy) is 1. The van der Waals surface area contributed by atoms with Gasteiger partial charge in [-0.15, -0.1) is 0 Å². The van der Waals surface area contributed by atoms with Crippen molar-refractivity contribution in [3.63, 3.8) is 0 Å². The summed E-state index contributed by atoms with van der Waals surface area (Å²) in [5.74, 6) is 1.09. The number of methoxy groups -OCH3 is 1. The van der Waals surface area contributed by atoms with Gasteiger partial charge in [-0.1, -0.05) is 30.3 Å². The minimum atomic E-state index is -0.0204. The van der Waals surface area contributed by atoms with Gasteiger partial charge in [0.2, 0.25) is 5.91 Å². The van der Waals surface area contributed by atoms with Crippen LogP contribution < -0.4 is 19.9 Å². The van der Waals surface area contributed by atoms with Crippen molar-refractivity contribution < 1.29 is 9.53 Å². The Balaban J connectivity index is 1.46. The van der Waals surface area contributed by atoms with Gasteiger partial charge in [0.25, 0.3) is 0 Å². The molecule has 3 aliphatic rings. The smallest absolute Gasteiger partial charge is 0.225 e. The van der Waals surface area contributed by atoms with Crippen molar-refractivity contribution in [3.8, 4) is 5.75 Å². The summed E-state index contributed by atoms with van der Waals surface area (Å²) in [6.07, 6.45) is 3.06. The summed E-state index contributed by atoms with van der Waals surface area (Å²) >= 11 is 0. The molecule has 2 aliphatic heterocycles. The SMILES string of the molecule is COc1ccccc1N1CCN2c3ccccc3C[C@@H](C(=O)NC3CC3)[C@@H]2C1. The van der Waals surface area contributed by atoms with Crippen molar-refractivity contribution >= 4 is 17.3 Å². The summed E-state index contributed by atoms with van der Waals surface area (Å²) in [4.78, 5) is 17.9. The number of amides is 1. The first kappa shape index (κ1) is 17.4. The number of fused-ring (bicyclic) bond motifs is 3. The van der Waals surface area contributed by atoms with Crippen molar-refractivity contribution in [1.29, 1.82) is 0 Å². The molecule has 1 aliphatic carbocycles. The Morgan fingerprint density at radius 1 is 1.04 bits per heavy atom. The summed E-state index contributed by atoms with van der Waals surface area (Å²) in [6.45, 7) is 2.66. The molecule has 5 rings (SSSR count). The minimum Gasteiger partial charge on any atom is -0.495 e. The second-order valence-electron chi connectivity index (χ2n) is 8.10. The van der Waals surface area contributed by atoms with E-state index >= 15 is 0 Å². The number of para-hydroxylation sites is 3. The molecular formula is C23H27N3O2. The van der Waals surface area contributed by atoms with Gasteiger partial charge in [0.1, 0.15) is 5.75 Å². The fourth-order valence-corrected chi connectivity index (χ4v) is 4.70. The molecule has 1 N–H and O–H groups in total. The van der Waals surface area contributed by atoms with Gasteiger partial charge in [-0.3, -0.25) is 4.79 Å². The second kappa shape index (κ2) is 7.04. The van der Waals surface area contributed by atoms with Gasteiger partial charge in [0.05, 0.1) is 24.8 Å². The molecule has 0 unspecified atom stereocenters. The van der Waals surface area contributed by atoms with Crippen LogP contribution in [0.25, 0.3) is 0 Å².